The van der Waals surface area contributed by atoms with Crippen molar-refractivity contribution < 1.29 is 14.2 Å². The van der Waals surface area contributed by atoms with E-state index in [4.69, 9.17) is 14.2 Å². The fourth-order valence-corrected chi connectivity index (χ4v) is 2.97. The number of hydrogen-bond donors (Lipinski definition) is 0. The van der Waals surface area contributed by atoms with Crippen molar-refractivity contribution in [3.05, 3.63) is 40.5 Å². The number of rotatable bonds is 8. The first-order valence-electron chi connectivity index (χ1n) is 8.36. The summed E-state index contributed by atoms with van der Waals surface area (Å²) in [5.74, 6) is 0.939. The van der Waals surface area contributed by atoms with E-state index in [2.05, 4.69) is 45.9 Å². The van der Waals surface area contributed by atoms with Crippen LogP contribution in [0.25, 0.3) is 0 Å². The molecule has 1 fully saturated rings. The Morgan fingerprint density at radius 1 is 1.30 bits per heavy atom. The lowest BCUT2D eigenvalue weighted by Gasteiger charge is -2.13. The van der Waals surface area contributed by atoms with Gasteiger partial charge in [-0.3, -0.25) is 0 Å². The van der Waals surface area contributed by atoms with E-state index in [0.29, 0.717) is 12.7 Å². The van der Waals surface area contributed by atoms with Crippen molar-refractivity contribution in [1.82, 2.24) is 0 Å². The zero-order valence-electron chi connectivity index (χ0n) is 15.4. The van der Waals surface area contributed by atoms with E-state index >= 15 is 0 Å². The Balaban J connectivity index is 2.00. The molecule has 1 aliphatic rings. The number of benzene rings is 1. The Kier molecular flexibility index (Phi) is 5.88. The van der Waals surface area contributed by atoms with Gasteiger partial charge in [-0.25, -0.2) is 0 Å². The van der Waals surface area contributed by atoms with Gasteiger partial charge in [-0.1, -0.05) is 17.7 Å². The number of allylic oxidation sites excluding steroid dienone is 2. The highest BCUT2D eigenvalue weighted by atomic mass is 16.6. The molecule has 1 heterocycles. The van der Waals surface area contributed by atoms with Gasteiger partial charge in [0.1, 0.15) is 5.75 Å². The van der Waals surface area contributed by atoms with Crippen molar-refractivity contribution >= 4 is 0 Å². The zero-order chi connectivity index (χ0) is 17.0. The molecule has 0 unspecified atom stereocenters. The first-order valence-corrected chi connectivity index (χ1v) is 8.36. The molecular weight excluding hydrogens is 288 g/mol. The molecule has 1 saturated heterocycles. The Morgan fingerprint density at radius 2 is 2.00 bits per heavy atom. The SMILES string of the molecule is COCc1cc(C/C=C(\C)CC[C@H]2OC2(C)C)c(C)c(OC)c1. The van der Waals surface area contributed by atoms with Crippen molar-refractivity contribution in [2.45, 2.75) is 65.3 Å². The van der Waals surface area contributed by atoms with Crippen molar-refractivity contribution in [2.75, 3.05) is 14.2 Å². The molecule has 0 bridgehead atoms. The highest BCUT2D eigenvalue weighted by molar-refractivity contribution is 5.44. The second-order valence-corrected chi connectivity index (χ2v) is 7.02. The molecule has 1 aromatic carbocycles. The van der Waals surface area contributed by atoms with Crippen LogP contribution in [0.2, 0.25) is 0 Å². The van der Waals surface area contributed by atoms with Gasteiger partial charge in [0.15, 0.2) is 0 Å². The van der Waals surface area contributed by atoms with E-state index in [9.17, 15) is 0 Å². The van der Waals surface area contributed by atoms with Crippen LogP contribution in [0, 0.1) is 6.92 Å². The predicted octanol–water partition coefficient (Wildman–Crippen LogP) is 4.60. The molecule has 1 aromatic rings. The fraction of sp³-hybridized carbons (Fsp3) is 0.600. The molecular formula is C20H30O3. The van der Waals surface area contributed by atoms with Crippen LogP contribution in [-0.4, -0.2) is 25.9 Å². The molecule has 0 aliphatic carbocycles. The Morgan fingerprint density at radius 3 is 2.57 bits per heavy atom. The molecule has 0 aromatic heterocycles. The highest BCUT2D eigenvalue weighted by Crippen LogP contribution is 2.39. The Bertz CT molecular complexity index is 572. The minimum Gasteiger partial charge on any atom is -0.496 e. The summed E-state index contributed by atoms with van der Waals surface area (Å²) in [4.78, 5) is 0. The predicted molar refractivity (Wildman–Crippen MR) is 94.1 cm³/mol. The molecule has 0 N–H and O–H groups in total. The van der Waals surface area contributed by atoms with Gasteiger partial charge in [-0.05, 0) is 69.7 Å². The van der Waals surface area contributed by atoms with Gasteiger partial charge in [0.2, 0.25) is 0 Å². The van der Waals surface area contributed by atoms with E-state index in [1.807, 2.05) is 0 Å². The van der Waals surface area contributed by atoms with Crippen LogP contribution < -0.4 is 4.74 Å². The van der Waals surface area contributed by atoms with Crippen LogP contribution in [0.1, 0.15) is 50.3 Å². The minimum atomic E-state index is 0.0960. The van der Waals surface area contributed by atoms with Gasteiger partial charge in [-0.2, -0.15) is 0 Å². The summed E-state index contributed by atoms with van der Waals surface area (Å²) in [6, 6.07) is 4.28. The van der Waals surface area contributed by atoms with Gasteiger partial charge in [-0.15, -0.1) is 0 Å². The van der Waals surface area contributed by atoms with Gasteiger partial charge in [0.05, 0.1) is 25.4 Å². The Hall–Kier alpha value is -1.32. The van der Waals surface area contributed by atoms with E-state index in [1.54, 1.807) is 14.2 Å². The normalized spacial score (nSPS) is 19.7. The molecule has 1 atom stereocenters. The summed E-state index contributed by atoms with van der Waals surface area (Å²) in [6.45, 7) is 9.26. The van der Waals surface area contributed by atoms with E-state index < -0.39 is 0 Å². The number of methoxy groups -OCH3 is 2. The summed E-state index contributed by atoms with van der Waals surface area (Å²) in [7, 11) is 3.44. The number of ether oxygens (including phenoxy) is 3. The summed E-state index contributed by atoms with van der Waals surface area (Å²) in [5.41, 5.74) is 5.19. The zero-order valence-corrected chi connectivity index (χ0v) is 15.4. The van der Waals surface area contributed by atoms with Crippen molar-refractivity contribution in [3.8, 4) is 5.75 Å². The average Bonchev–Trinajstić information content (AvgIpc) is 3.12. The quantitative estimate of drug-likeness (QED) is 0.518. The lowest BCUT2D eigenvalue weighted by molar-refractivity contribution is 0.184. The van der Waals surface area contributed by atoms with E-state index in [0.717, 1.165) is 30.6 Å². The smallest absolute Gasteiger partial charge is 0.122 e. The second-order valence-electron chi connectivity index (χ2n) is 7.02. The van der Waals surface area contributed by atoms with Crippen LogP contribution in [0.5, 0.6) is 5.75 Å². The molecule has 2 rings (SSSR count). The first kappa shape index (κ1) is 18.0. The lowest BCUT2D eigenvalue weighted by Crippen LogP contribution is -2.02. The van der Waals surface area contributed by atoms with Gasteiger partial charge >= 0.3 is 0 Å². The van der Waals surface area contributed by atoms with Crippen molar-refractivity contribution in [3.63, 3.8) is 0 Å². The fourth-order valence-electron chi connectivity index (χ4n) is 2.97. The van der Waals surface area contributed by atoms with Crippen LogP contribution in [-0.2, 0) is 22.5 Å². The van der Waals surface area contributed by atoms with E-state index in [1.165, 1.54) is 16.7 Å². The number of epoxide rings is 1. The largest absolute Gasteiger partial charge is 0.496 e. The molecule has 0 saturated carbocycles. The summed E-state index contributed by atoms with van der Waals surface area (Å²) >= 11 is 0. The maximum atomic E-state index is 5.65. The molecule has 23 heavy (non-hydrogen) atoms. The third kappa shape index (κ3) is 4.82. The maximum Gasteiger partial charge on any atom is 0.122 e. The third-order valence-corrected chi connectivity index (χ3v) is 4.69. The first-order chi connectivity index (χ1) is 10.9. The van der Waals surface area contributed by atoms with Crippen molar-refractivity contribution in [2.24, 2.45) is 0 Å². The topological polar surface area (TPSA) is 31.0 Å². The van der Waals surface area contributed by atoms with Crippen LogP contribution in [0.15, 0.2) is 23.8 Å². The van der Waals surface area contributed by atoms with Crippen molar-refractivity contribution in [1.29, 1.82) is 0 Å². The average molecular weight is 318 g/mol. The summed E-state index contributed by atoms with van der Waals surface area (Å²) < 4.78 is 16.4. The standard InChI is InChI=1S/C20H30O3/c1-14(8-10-19-20(3,4)23-19)7-9-17-11-16(13-21-5)12-18(22-6)15(17)2/h7,11-12,19H,8-10,13H2,1-6H3/b14-7+/t19-/m1/s1. The van der Waals surface area contributed by atoms with Gasteiger partial charge in [0, 0.05) is 7.11 Å². The Labute approximate surface area is 140 Å². The van der Waals surface area contributed by atoms with Gasteiger partial charge < -0.3 is 14.2 Å². The molecule has 0 amide bonds. The third-order valence-electron chi connectivity index (χ3n) is 4.69. The summed E-state index contributed by atoms with van der Waals surface area (Å²) in [5, 5.41) is 0. The highest BCUT2D eigenvalue weighted by Gasteiger charge is 2.46. The van der Waals surface area contributed by atoms with Crippen LogP contribution in [0.3, 0.4) is 0 Å². The maximum absolute atomic E-state index is 5.65. The van der Waals surface area contributed by atoms with Crippen LogP contribution in [0.4, 0.5) is 0 Å². The lowest BCUT2D eigenvalue weighted by atomic mass is 9.98. The second kappa shape index (κ2) is 7.50. The monoisotopic (exact) mass is 318 g/mol. The van der Waals surface area contributed by atoms with Crippen LogP contribution >= 0.6 is 0 Å². The summed E-state index contributed by atoms with van der Waals surface area (Å²) in [6.07, 6.45) is 5.90. The molecule has 0 spiro atoms. The molecule has 1 aliphatic heterocycles. The molecule has 0 radical (unpaired) electrons. The number of hydrogen-bond acceptors (Lipinski definition) is 3. The molecule has 3 heteroatoms. The van der Waals surface area contributed by atoms with E-state index in [-0.39, 0.29) is 5.60 Å². The van der Waals surface area contributed by atoms with Gasteiger partial charge in [0.25, 0.3) is 0 Å². The molecule has 128 valence electrons. The molecule has 3 nitrogen and oxygen atoms in total. The minimum absolute atomic E-state index is 0.0960.